The maximum atomic E-state index is 12.8. The summed E-state index contributed by atoms with van der Waals surface area (Å²) in [6.07, 6.45) is 6.97. The van der Waals surface area contributed by atoms with E-state index in [1.54, 1.807) is 11.9 Å². The van der Waals surface area contributed by atoms with E-state index in [1.165, 1.54) is 40.4 Å². The van der Waals surface area contributed by atoms with Crippen LogP contribution in [0.25, 0.3) is 0 Å². The maximum absolute atomic E-state index is 12.8. The average molecular weight is 428 g/mol. The van der Waals surface area contributed by atoms with Gasteiger partial charge in [0, 0.05) is 45.5 Å². The molecule has 1 aromatic rings. The number of urea groups is 1. The van der Waals surface area contributed by atoms with Crippen LogP contribution in [0.2, 0.25) is 0 Å². The lowest BCUT2D eigenvalue weighted by Crippen LogP contribution is -2.54. The van der Waals surface area contributed by atoms with E-state index in [9.17, 15) is 18.0 Å². The molecule has 29 heavy (non-hydrogen) atoms. The first-order valence-corrected chi connectivity index (χ1v) is 11.6. The molecular weight excluding hydrogens is 394 g/mol. The van der Waals surface area contributed by atoms with Crippen LogP contribution in [0.5, 0.6) is 0 Å². The first-order valence-electron chi connectivity index (χ1n) is 10.2. The molecule has 0 spiro atoms. The molecule has 3 N–H and O–H groups in total. The first kappa shape index (κ1) is 23.2. The Morgan fingerprint density at radius 2 is 1.83 bits per heavy atom. The van der Waals surface area contributed by atoms with Crippen LogP contribution in [0.1, 0.15) is 56.4 Å². The van der Waals surface area contributed by atoms with E-state index in [0.29, 0.717) is 13.1 Å². The molecule has 1 atom stereocenters. The van der Waals surface area contributed by atoms with Gasteiger partial charge in [0.15, 0.2) is 0 Å². The number of nitrogens with two attached hydrogens (primary N) is 1. The molecule has 0 unspecified atom stereocenters. The Balaban J connectivity index is 1.88. The number of sulfonamides is 1. The summed E-state index contributed by atoms with van der Waals surface area (Å²) in [6.45, 7) is 5.23. The fourth-order valence-corrected chi connectivity index (χ4v) is 4.95. The number of nitrogens with zero attached hydrogens (tertiary/aromatic N) is 3. The number of primary amides is 1. The summed E-state index contributed by atoms with van der Waals surface area (Å²) in [5.74, 6) is -0.681. The van der Waals surface area contributed by atoms with Crippen molar-refractivity contribution in [2.45, 2.75) is 56.9 Å². The van der Waals surface area contributed by atoms with E-state index in [-0.39, 0.29) is 35.8 Å². The molecule has 9 nitrogen and oxygen atoms in total. The number of aryl methyl sites for hydroxylation is 1. The molecule has 164 valence electrons. The fraction of sp³-hybridized carbons (Fsp3) is 0.684. The number of carbonyl (C=O) groups excluding carboxylic acids is 2. The molecular formula is C19H33N5O4S. The number of aromatic nitrogens is 1. The first-order chi connectivity index (χ1) is 13.7. The molecule has 1 aromatic heterocycles. The summed E-state index contributed by atoms with van der Waals surface area (Å²) in [5, 5.41) is 3.00. The molecule has 0 saturated carbocycles. The monoisotopic (exact) mass is 427 g/mol. The number of piperazine rings is 1. The van der Waals surface area contributed by atoms with E-state index in [1.807, 2.05) is 6.92 Å². The number of rotatable bonds is 9. The van der Waals surface area contributed by atoms with Crippen molar-refractivity contribution in [3.8, 4) is 0 Å². The molecule has 2 rings (SSSR count). The highest BCUT2D eigenvalue weighted by molar-refractivity contribution is 7.89. The van der Waals surface area contributed by atoms with Gasteiger partial charge in [0.2, 0.25) is 10.0 Å². The third kappa shape index (κ3) is 5.96. The molecule has 10 heteroatoms. The summed E-state index contributed by atoms with van der Waals surface area (Å²) in [7, 11) is -2.17. The van der Waals surface area contributed by atoms with Gasteiger partial charge in [0.05, 0.1) is 0 Å². The normalized spacial score (nSPS) is 16.6. The van der Waals surface area contributed by atoms with Crippen LogP contribution < -0.4 is 11.1 Å². The van der Waals surface area contributed by atoms with Crippen LogP contribution in [0.15, 0.2) is 17.2 Å². The highest BCUT2D eigenvalue weighted by atomic mass is 32.2. The standard InChI is InChI=1S/C19H33N5O4S/c1-4-5-6-7-8-15(2)21-19(26)23-9-11-24(12-10-23)29(27,28)16-13-17(18(20)25)22(3)14-16/h13-15H,4-12H2,1-3H3,(H2,20,25)(H,21,26)/t15-/m1/s1. The molecule has 1 fully saturated rings. The molecule has 0 bridgehead atoms. The number of nitrogens with one attached hydrogen (secondary N) is 1. The van der Waals surface area contributed by atoms with Crippen LogP contribution in [0.3, 0.4) is 0 Å². The van der Waals surface area contributed by atoms with Gasteiger partial charge in [0.1, 0.15) is 10.6 Å². The van der Waals surface area contributed by atoms with Gasteiger partial charge in [-0.2, -0.15) is 4.31 Å². The highest BCUT2D eigenvalue weighted by Crippen LogP contribution is 2.20. The van der Waals surface area contributed by atoms with Gasteiger partial charge in [0.25, 0.3) is 5.91 Å². The number of hydrogen-bond acceptors (Lipinski definition) is 4. The van der Waals surface area contributed by atoms with Gasteiger partial charge in [-0.15, -0.1) is 0 Å². The zero-order valence-corrected chi connectivity index (χ0v) is 18.4. The smallest absolute Gasteiger partial charge is 0.317 e. The molecule has 0 aliphatic carbocycles. The second kappa shape index (κ2) is 10.1. The predicted octanol–water partition coefficient (Wildman–Crippen LogP) is 1.50. The van der Waals surface area contributed by atoms with Crippen LogP contribution in [-0.2, 0) is 17.1 Å². The van der Waals surface area contributed by atoms with Crippen molar-refractivity contribution in [3.63, 3.8) is 0 Å². The Labute approximate surface area is 173 Å². The van der Waals surface area contributed by atoms with Crippen molar-refractivity contribution in [1.82, 2.24) is 19.1 Å². The van der Waals surface area contributed by atoms with E-state index in [4.69, 9.17) is 5.73 Å². The molecule has 2 heterocycles. The maximum Gasteiger partial charge on any atom is 0.317 e. The lowest BCUT2D eigenvalue weighted by atomic mass is 10.1. The van der Waals surface area contributed by atoms with E-state index < -0.39 is 15.9 Å². The number of amides is 3. The number of carbonyl (C=O) groups is 2. The summed E-state index contributed by atoms with van der Waals surface area (Å²) < 4.78 is 28.4. The topological polar surface area (TPSA) is 118 Å². The molecule has 1 aliphatic heterocycles. The van der Waals surface area contributed by atoms with Gasteiger partial charge < -0.3 is 20.5 Å². The zero-order valence-electron chi connectivity index (χ0n) is 17.6. The van der Waals surface area contributed by atoms with Gasteiger partial charge in [-0.1, -0.05) is 32.6 Å². The number of hydrogen-bond donors (Lipinski definition) is 2. The number of unbranched alkanes of at least 4 members (excludes halogenated alkanes) is 3. The minimum absolute atomic E-state index is 0.0346. The van der Waals surface area contributed by atoms with E-state index >= 15 is 0 Å². The van der Waals surface area contributed by atoms with E-state index in [0.717, 1.165) is 12.8 Å². The Morgan fingerprint density at radius 1 is 1.17 bits per heavy atom. The second-order valence-electron chi connectivity index (χ2n) is 7.63. The Bertz CT molecular complexity index is 813. The Hall–Kier alpha value is -2.07. The van der Waals surface area contributed by atoms with Crippen LogP contribution >= 0.6 is 0 Å². The molecule has 1 saturated heterocycles. The van der Waals surface area contributed by atoms with Crippen LogP contribution in [-0.4, -0.2) is 66.3 Å². The lowest BCUT2D eigenvalue weighted by Gasteiger charge is -2.34. The lowest BCUT2D eigenvalue weighted by molar-refractivity contribution is 0.0992. The largest absolute Gasteiger partial charge is 0.364 e. The highest BCUT2D eigenvalue weighted by Gasteiger charge is 2.31. The minimum atomic E-state index is -3.74. The van der Waals surface area contributed by atoms with Gasteiger partial charge in [-0.3, -0.25) is 4.79 Å². The fourth-order valence-electron chi connectivity index (χ4n) is 3.45. The molecule has 0 radical (unpaired) electrons. The van der Waals surface area contributed by atoms with Crippen molar-refractivity contribution in [1.29, 1.82) is 0 Å². The van der Waals surface area contributed by atoms with Crippen LogP contribution in [0.4, 0.5) is 4.79 Å². The summed E-state index contributed by atoms with van der Waals surface area (Å²) in [5.41, 5.74) is 5.40. The Kier molecular flexibility index (Phi) is 8.09. The quantitative estimate of drug-likeness (QED) is 0.581. The summed E-state index contributed by atoms with van der Waals surface area (Å²) >= 11 is 0. The van der Waals surface area contributed by atoms with Crippen LogP contribution in [0, 0.1) is 0 Å². The second-order valence-corrected chi connectivity index (χ2v) is 9.57. The third-order valence-electron chi connectivity index (χ3n) is 5.26. The van der Waals surface area contributed by atoms with Crippen molar-refractivity contribution in [2.75, 3.05) is 26.2 Å². The van der Waals surface area contributed by atoms with E-state index in [2.05, 4.69) is 12.2 Å². The zero-order chi connectivity index (χ0) is 21.6. The Morgan fingerprint density at radius 3 is 2.38 bits per heavy atom. The average Bonchev–Trinajstić information content (AvgIpc) is 3.08. The SMILES string of the molecule is CCCCCC[C@@H](C)NC(=O)N1CCN(S(=O)(=O)c2cc(C(N)=O)n(C)c2)CC1. The van der Waals surface area contributed by atoms with Gasteiger partial charge in [-0.05, 0) is 19.4 Å². The van der Waals surface area contributed by atoms with Crippen molar-refractivity contribution >= 4 is 22.0 Å². The van der Waals surface area contributed by atoms with Gasteiger partial charge >= 0.3 is 6.03 Å². The summed E-state index contributed by atoms with van der Waals surface area (Å²) in [6, 6.07) is 1.23. The summed E-state index contributed by atoms with van der Waals surface area (Å²) in [4.78, 5) is 25.5. The molecule has 0 aromatic carbocycles. The van der Waals surface area contributed by atoms with Crippen molar-refractivity contribution < 1.29 is 18.0 Å². The minimum Gasteiger partial charge on any atom is -0.364 e. The van der Waals surface area contributed by atoms with Crippen molar-refractivity contribution in [2.24, 2.45) is 12.8 Å². The predicted molar refractivity (Wildman–Crippen MR) is 111 cm³/mol. The van der Waals surface area contributed by atoms with Gasteiger partial charge in [-0.25, -0.2) is 13.2 Å². The van der Waals surface area contributed by atoms with Crippen molar-refractivity contribution in [3.05, 3.63) is 18.0 Å². The molecule has 3 amide bonds. The molecule has 1 aliphatic rings. The third-order valence-corrected chi connectivity index (χ3v) is 7.12.